The van der Waals surface area contributed by atoms with Crippen LogP contribution in [0.4, 0.5) is 0 Å². The minimum atomic E-state index is -0.861. The van der Waals surface area contributed by atoms with Gasteiger partial charge in [-0.3, -0.25) is 0 Å². The lowest BCUT2D eigenvalue weighted by atomic mass is 9.91. The van der Waals surface area contributed by atoms with E-state index in [1.54, 1.807) is 0 Å². The highest BCUT2D eigenvalue weighted by molar-refractivity contribution is 6.17. The summed E-state index contributed by atoms with van der Waals surface area (Å²) in [6, 6.07) is 0. The summed E-state index contributed by atoms with van der Waals surface area (Å²) in [6.07, 6.45) is 17.6. The minimum Gasteiger partial charge on any atom is -0.328 e. The van der Waals surface area contributed by atoms with Crippen molar-refractivity contribution in [3.8, 4) is 0 Å². The highest BCUT2D eigenvalue weighted by Gasteiger charge is 2.41. The molecule has 0 saturated carbocycles. The Balaban J connectivity index is 4.67. The third kappa shape index (κ3) is 13.4. The Morgan fingerprint density at radius 1 is 0.571 bits per heavy atom. The van der Waals surface area contributed by atoms with Crippen LogP contribution in [0.2, 0.25) is 0 Å². The van der Waals surface area contributed by atoms with E-state index < -0.39 is 5.97 Å². The summed E-state index contributed by atoms with van der Waals surface area (Å²) < 4.78 is 18.4. The Bertz CT molecular complexity index is 295. The Labute approximate surface area is 181 Å². The lowest BCUT2D eigenvalue weighted by Crippen LogP contribution is -2.46. The van der Waals surface area contributed by atoms with E-state index in [-0.39, 0.29) is 0 Å². The Hall–Kier alpha value is 0.170. The first-order valence-corrected chi connectivity index (χ1v) is 12.7. The summed E-state index contributed by atoms with van der Waals surface area (Å²) in [5, 5.41) is 0. The summed E-state index contributed by atoms with van der Waals surface area (Å²) >= 11 is 5.77. The second kappa shape index (κ2) is 20.4. The van der Waals surface area contributed by atoms with E-state index in [4.69, 9.17) is 25.8 Å². The zero-order valence-corrected chi connectivity index (χ0v) is 20.2. The Morgan fingerprint density at radius 3 is 1.36 bits per heavy atom. The van der Waals surface area contributed by atoms with Gasteiger partial charge in [0.05, 0.1) is 0 Å². The van der Waals surface area contributed by atoms with Gasteiger partial charge in [0.15, 0.2) is 0 Å². The zero-order valence-electron chi connectivity index (χ0n) is 19.4. The van der Waals surface area contributed by atoms with E-state index in [1.807, 2.05) is 20.8 Å². The molecule has 1 atom stereocenters. The van der Waals surface area contributed by atoms with Crippen molar-refractivity contribution in [2.75, 3.05) is 25.7 Å². The predicted octanol–water partition coefficient (Wildman–Crippen LogP) is 8.09. The quantitative estimate of drug-likeness (QED) is 0.100. The molecule has 0 fully saturated rings. The van der Waals surface area contributed by atoms with Gasteiger partial charge in [0.25, 0.3) is 5.97 Å². The first kappa shape index (κ1) is 28.2. The average molecular weight is 421 g/mol. The molecule has 1 unspecified atom stereocenters. The molecule has 0 aromatic rings. The highest BCUT2D eigenvalue weighted by Crippen LogP contribution is 2.34. The minimum absolute atomic E-state index is 0.307. The first-order valence-electron chi connectivity index (χ1n) is 12.2. The van der Waals surface area contributed by atoms with Gasteiger partial charge in [-0.1, -0.05) is 77.6 Å². The van der Waals surface area contributed by atoms with Gasteiger partial charge in [-0.15, -0.1) is 11.6 Å². The fourth-order valence-corrected chi connectivity index (χ4v) is 4.13. The zero-order chi connectivity index (χ0) is 20.9. The summed E-state index contributed by atoms with van der Waals surface area (Å²) in [4.78, 5) is 0. The van der Waals surface area contributed by atoms with Crippen LogP contribution in [-0.4, -0.2) is 31.7 Å². The van der Waals surface area contributed by atoms with Crippen molar-refractivity contribution in [1.29, 1.82) is 0 Å². The fraction of sp³-hybridized carbons (Fsp3) is 1.00. The van der Waals surface area contributed by atoms with Gasteiger partial charge in [-0.05, 0) is 40.0 Å². The lowest BCUT2D eigenvalue weighted by molar-refractivity contribution is -0.403. The van der Waals surface area contributed by atoms with Crippen molar-refractivity contribution in [2.24, 2.45) is 5.92 Å². The maximum absolute atomic E-state index is 6.12. The smallest absolute Gasteiger partial charge is 0.285 e. The van der Waals surface area contributed by atoms with Crippen molar-refractivity contribution in [3.63, 3.8) is 0 Å². The normalized spacial score (nSPS) is 13.2. The van der Waals surface area contributed by atoms with Crippen LogP contribution >= 0.6 is 11.6 Å². The molecule has 0 spiro atoms. The molecule has 28 heavy (non-hydrogen) atoms. The van der Waals surface area contributed by atoms with E-state index in [9.17, 15) is 0 Å². The molecule has 3 nitrogen and oxygen atoms in total. The molecule has 0 bridgehead atoms. The van der Waals surface area contributed by atoms with Crippen LogP contribution < -0.4 is 0 Å². The third-order valence-electron chi connectivity index (χ3n) is 5.38. The molecule has 0 heterocycles. The molecule has 0 saturated heterocycles. The topological polar surface area (TPSA) is 27.7 Å². The van der Waals surface area contributed by atoms with Crippen LogP contribution in [0.3, 0.4) is 0 Å². The van der Waals surface area contributed by atoms with Gasteiger partial charge in [0, 0.05) is 31.6 Å². The van der Waals surface area contributed by atoms with E-state index in [1.165, 1.54) is 70.6 Å². The number of halogens is 1. The van der Waals surface area contributed by atoms with E-state index >= 15 is 0 Å². The molecular formula is C24H49ClO3. The van der Waals surface area contributed by atoms with E-state index in [0.29, 0.717) is 25.7 Å². The molecule has 0 radical (unpaired) electrons. The van der Waals surface area contributed by atoms with Gasteiger partial charge >= 0.3 is 0 Å². The number of alkyl halides is 1. The second-order valence-corrected chi connectivity index (χ2v) is 8.13. The summed E-state index contributed by atoms with van der Waals surface area (Å²) in [5.74, 6) is 0.238. The monoisotopic (exact) mass is 420 g/mol. The van der Waals surface area contributed by atoms with Gasteiger partial charge in [0.1, 0.15) is 0 Å². The molecule has 4 heteroatoms. The SMILES string of the molecule is CCCCCCCCC(CCCCCCCCCl)C(OCC)(OCC)OCC. The Morgan fingerprint density at radius 2 is 0.964 bits per heavy atom. The number of hydrogen-bond donors (Lipinski definition) is 0. The first-order chi connectivity index (χ1) is 13.7. The second-order valence-electron chi connectivity index (χ2n) is 7.75. The van der Waals surface area contributed by atoms with E-state index in [2.05, 4.69) is 6.92 Å². The van der Waals surface area contributed by atoms with Crippen molar-refractivity contribution >= 4 is 11.6 Å². The predicted molar refractivity (Wildman–Crippen MR) is 122 cm³/mol. The molecule has 0 aliphatic rings. The molecular weight excluding hydrogens is 372 g/mol. The molecule has 0 N–H and O–H groups in total. The van der Waals surface area contributed by atoms with Gasteiger partial charge in [-0.2, -0.15) is 0 Å². The lowest BCUT2D eigenvalue weighted by Gasteiger charge is -2.39. The largest absolute Gasteiger partial charge is 0.328 e. The number of ether oxygens (including phenoxy) is 3. The molecule has 0 aliphatic heterocycles. The van der Waals surface area contributed by atoms with Crippen LogP contribution in [0.15, 0.2) is 0 Å². The van der Waals surface area contributed by atoms with Crippen molar-refractivity contribution < 1.29 is 14.2 Å². The van der Waals surface area contributed by atoms with Crippen molar-refractivity contribution in [2.45, 2.75) is 124 Å². The molecule has 0 aliphatic carbocycles. The van der Waals surface area contributed by atoms with Crippen LogP contribution in [0.1, 0.15) is 118 Å². The molecule has 170 valence electrons. The summed E-state index contributed by atoms with van der Waals surface area (Å²) in [5.41, 5.74) is 0. The maximum Gasteiger partial charge on any atom is 0.285 e. The average Bonchev–Trinajstić information content (AvgIpc) is 2.68. The van der Waals surface area contributed by atoms with Crippen LogP contribution in [-0.2, 0) is 14.2 Å². The van der Waals surface area contributed by atoms with Gasteiger partial charge < -0.3 is 14.2 Å². The standard InChI is InChI=1S/C24H49ClO3/c1-5-9-10-11-14-17-20-23(21-18-15-12-13-16-19-22-25)24(26-6-2,27-7-3)28-8-4/h23H,5-22H2,1-4H3. The van der Waals surface area contributed by atoms with Crippen LogP contribution in [0, 0.1) is 5.92 Å². The molecule has 0 rings (SSSR count). The Kier molecular flexibility index (Phi) is 20.6. The van der Waals surface area contributed by atoms with Crippen molar-refractivity contribution in [1.82, 2.24) is 0 Å². The highest BCUT2D eigenvalue weighted by atomic mass is 35.5. The summed E-state index contributed by atoms with van der Waals surface area (Å²) in [7, 11) is 0. The van der Waals surface area contributed by atoms with Gasteiger partial charge in [0.2, 0.25) is 0 Å². The van der Waals surface area contributed by atoms with Gasteiger partial charge in [-0.25, -0.2) is 0 Å². The van der Waals surface area contributed by atoms with Crippen LogP contribution in [0.5, 0.6) is 0 Å². The van der Waals surface area contributed by atoms with Crippen molar-refractivity contribution in [3.05, 3.63) is 0 Å². The number of rotatable bonds is 22. The summed E-state index contributed by atoms with van der Waals surface area (Å²) in [6.45, 7) is 10.2. The van der Waals surface area contributed by atoms with Crippen LogP contribution in [0.25, 0.3) is 0 Å². The number of hydrogen-bond acceptors (Lipinski definition) is 3. The molecule has 0 aromatic carbocycles. The third-order valence-corrected chi connectivity index (χ3v) is 5.65. The molecule has 0 aromatic heterocycles. The number of unbranched alkanes of at least 4 members (excludes halogenated alkanes) is 10. The van der Waals surface area contributed by atoms with E-state index in [0.717, 1.165) is 25.1 Å². The molecule has 0 amide bonds. The fourth-order valence-electron chi connectivity index (χ4n) is 3.94. The maximum atomic E-state index is 6.12.